The number of rotatable bonds is 5. The Kier molecular flexibility index (Phi) is 3.57. The van der Waals surface area contributed by atoms with Crippen LogP contribution >= 0.6 is 0 Å². The predicted octanol–water partition coefficient (Wildman–Crippen LogP) is -0.530. The fourth-order valence-electron chi connectivity index (χ4n) is 2.98. The van der Waals surface area contributed by atoms with Crippen LogP contribution in [0.3, 0.4) is 0 Å². The number of hydrogen-bond donors (Lipinski definition) is 2. The number of hydrogen-bond acceptors (Lipinski definition) is 10. The first-order chi connectivity index (χ1) is 13.7. The van der Waals surface area contributed by atoms with Crippen molar-refractivity contribution in [1.82, 2.24) is 54.0 Å². The number of imidazole rings is 2. The Labute approximate surface area is 157 Å². The van der Waals surface area contributed by atoms with Crippen molar-refractivity contribution in [2.24, 2.45) is 0 Å². The van der Waals surface area contributed by atoms with Gasteiger partial charge in [-0.3, -0.25) is 4.68 Å². The molecule has 0 fully saturated rings. The van der Waals surface area contributed by atoms with E-state index in [9.17, 15) is 0 Å². The third-order valence-corrected chi connectivity index (χ3v) is 4.35. The summed E-state index contributed by atoms with van der Waals surface area (Å²) in [6.45, 7) is 1.69. The molecule has 0 aromatic carbocycles. The lowest BCUT2D eigenvalue weighted by Crippen LogP contribution is -2.08. The van der Waals surface area contributed by atoms with Crippen molar-refractivity contribution >= 4 is 34.0 Å². The standard InChI is InChI=1S/C15H15N13/c16-12-10-14(20-5-18-12)26(7-22-10)1-2-28-4-9(24-25-28)3-27-8-23-11-13(17)19-6-21-15(11)27/h4-8H,1-3H2,(H2,16,18,20)(H2,17,19,21). The first-order valence-electron chi connectivity index (χ1n) is 8.40. The van der Waals surface area contributed by atoms with Gasteiger partial charge in [0, 0.05) is 6.54 Å². The maximum atomic E-state index is 5.82. The predicted molar refractivity (Wildman–Crippen MR) is 98.6 cm³/mol. The minimum atomic E-state index is 0.351. The number of nitrogens with two attached hydrogens (primary N) is 2. The van der Waals surface area contributed by atoms with Crippen LogP contribution in [0.5, 0.6) is 0 Å². The molecule has 0 bridgehead atoms. The van der Waals surface area contributed by atoms with Crippen LogP contribution in [0, 0.1) is 0 Å². The Morgan fingerprint density at radius 1 is 0.750 bits per heavy atom. The molecule has 5 aromatic rings. The Hall–Kier alpha value is -4.16. The largest absolute Gasteiger partial charge is 0.382 e. The van der Waals surface area contributed by atoms with E-state index in [4.69, 9.17) is 11.5 Å². The number of aryl methyl sites for hydroxylation is 2. The van der Waals surface area contributed by atoms with Gasteiger partial charge in [-0.15, -0.1) is 5.10 Å². The van der Waals surface area contributed by atoms with Crippen molar-refractivity contribution in [3.05, 3.63) is 37.2 Å². The summed E-state index contributed by atoms with van der Waals surface area (Å²) in [5.41, 5.74) is 14.9. The van der Waals surface area contributed by atoms with E-state index in [0.717, 1.165) is 5.69 Å². The smallest absolute Gasteiger partial charge is 0.165 e. The summed E-state index contributed by atoms with van der Waals surface area (Å²) in [7, 11) is 0. The summed E-state index contributed by atoms with van der Waals surface area (Å²) in [4.78, 5) is 24.9. The maximum absolute atomic E-state index is 5.82. The van der Waals surface area contributed by atoms with Crippen molar-refractivity contribution in [2.45, 2.75) is 19.6 Å². The minimum Gasteiger partial charge on any atom is -0.382 e. The van der Waals surface area contributed by atoms with E-state index in [-0.39, 0.29) is 0 Å². The van der Waals surface area contributed by atoms with Crippen LogP contribution in [0.2, 0.25) is 0 Å². The van der Waals surface area contributed by atoms with Crippen LogP contribution in [0.15, 0.2) is 31.5 Å². The SMILES string of the molecule is Nc1ncnc2c1ncn2CCn1cc(Cn2cnc3c(N)ncnc32)nn1. The molecule has 0 aliphatic heterocycles. The van der Waals surface area contributed by atoms with Crippen LogP contribution in [0.4, 0.5) is 11.6 Å². The van der Waals surface area contributed by atoms with E-state index in [1.165, 1.54) is 12.7 Å². The van der Waals surface area contributed by atoms with Gasteiger partial charge < -0.3 is 20.6 Å². The fourth-order valence-corrected chi connectivity index (χ4v) is 2.98. The van der Waals surface area contributed by atoms with E-state index in [1.807, 2.05) is 15.3 Å². The maximum Gasteiger partial charge on any atom is 0.165 e. The number of nitrogens with zero attached hydrogens (tertiary/aromatic N) is 11. The lowest BCUT2D eigenvalue weighted by atomic mass is 10.4. The second-order valence-electron chi connectivity index (χ2n) is 6.15. The summed E-state index contributed by atoms with van der Waals surface area (Å²) in [6, 6.07) is 0. The Bertz CT molecular complexity index is 1280. The molecule has 5 aromatic heterocycles. The second-order valence-corrected chi connectivity index (χ2v) is 6.15. The molecule has 0 aliphatic carbocycles. The van der Waals surface area contributed by atoms with E-state index in [2.05, 4.69) is 40.2 Å². The van der Waals surface area contributed by atoms with Crippen molar-refractivity contribution in [1.29, 1.82) is 0 Å². The van der Waals surface area contributed by atoms with Gasteiger partial charge in [0.15, 0.2) is 22.9 Å². The number of fused-ring (bicyclic) bond motifs is 2. The van der Waals surface area contributed by atoms with Crippen molar-refractivity contribution in [2.75, 3.05) is 11.5 Å². The molecule has 5 rings (SSSR count). The first-order valence-corrected chi connectivity index (χ1v) is 8.40. The zero-order valence-electron chi connectivity index (χ0n) is 14.6. The minimum absolute atomic E-state index is 0.351. The highest BCUT2D eigenvalue weighted by molar-refractivity contribution is 5.81. The summed E-state index contributed by atoms with van der Waals surface area (Å²) in [5, 5.41) is 8.39. The van der Waals surface area contributed by atoms with Gasteiger partial charge in [0.25, 0.3) is 0 Å². The van der Waals surface area contributed by atoms with Crippen LogP contribution in [-0.2, 0) is 19.6 Å². The van der Waals surface area contributed by atoms with Gasteiger partial charge >= 0.3 is 0 Å². The monoisotopic (exact) mass is 377 g/mol. The molecule has 0 radical (unpaired) electrons. The Morgan fingerprint density at radius 3 is 2.11 bits per heavy atom. The van der Waals surface area contributed by atoms with E-state index in [0.29, 0.717) is 53.6 Å². The first kappa shape index (κ1) is 16.0. The molecule has 0 atom stereocenters. The third kappa shape index (κ3) is 2.65. The average molecular weight is 377 g/mol. The number of aromatic nitrogens is 11. The third-order valence-electron chi connectivity index (χ3n) is 4.35. The summed E-state index contributed by atoms with van der Waals surface area (Å²) in [6.07, 6.45) is 8.07. The van der Waals surface area contributed by atoms with Crippen LogP contribution in [-0.4, -0.2) is 54.0 Å². The van der Waals surface area contributed by atoms with Crippen molar-refractivity contribution in [3.63, 3.8) is 0 Å². The quantitative estimate of drug-likeness (QED) is 0.406. The fraction of sp³-hybridized carbons (Fsp3) is 0.200. The molecule has 140 valence electrons. The van der Waals surface area contributed by atoms with Gasteiger partial charge in [-0.2, -0.15) is 0 Å². The van der Waals surface area contributed by atoms with E-state index in [1.54, 1.807) is 17.3 Å². The molecular formula is C15H15N13. The second kappa shape index (κ2) is 6.22. The summed E-state index contributed by atoms with van der Waals surface area (Å²) < 4.78 is 5.51. The molecule has 0 amide bonds. The zero-order valence-corrected chi connectivity index (χ0v) is 14.6. The van der Waals surface area contributed by atoms with Gasteiger partial charge in [0.05, 0.1) is 31.9 Å². The molecule has 0 unspecified atom stereocenters. The highest BCUT2D eigenvalue weighted by Gasteiger charge is 2.11. The molecule has 13 nitrogen and oxygen atoms in total. The zero-order chi connectivity index (χ0) is 19.1. The van der Waals surface area contributed by atoms with Gasteiger partial charge in [0.1, 0.15) is 29.4 Å². The Balaban J connectivity index is 1.32. The number of nitrogen functional groups attached to an aromatic ring is 2. The van der Waals surface area contributed by atoms with Gasteiger partial charge in [-0.25, -0.2) is 29.9 Å². The van der Waals surface area contributed by atoms with Crippen molar-refractivity contribution in [3.8, 4) is 0 Å². The topological polar surface area (TPSA) is 170 Å². The average Bonchev–Trinajstić information content (AvgIpc) is 3.41. The summed E-state index contributed by atoms with van der Waals surface area (Å²) >= 11 is 0. The molecular weight excluding hydrogens is 362 g/mol. The lowest BCUT2D eigenvalue weighted by Gasteiger charge is -2.03. The normalized spacial score (nSPS) is 11.6. The molecule has 13 heteroatoms. The van der Waals surface area contributed by atoms with E-state index >= 15 is 0 Å². The van der Waals surface area contributed by atoms with Gasteiger partial charge in [-0.05, 0) is 0 Å². The molecule has 28 heavy (non-hydrogen) atoms. The molecule has 0 saturated heterocycles. The highest BCUT2D eigenvalue weighted by atomic mass is 15.4. The molecule has 0 spiro atoms. The van der Waals surface area contributed by atoms with Crippen LogP contribution in [0.1, 0.15) is 5.69 Å². The van der Waals surface area contributed by atoms with Gasteiger partial charge in [-0.1, -0.05) is 5.21 Å². The van der Waals surface area contributed by atoms with Crippen LogP contribution < -0.4 is 11.5 Å². The molecule has 4 N–H and O–H groups in total. The Morgan fingerprint density at radius 2 is 1.39 bits per heavy atom. The molecule has 0 aliphatic rings. The molecule has 0 saturated carbocycles. The van der Waals surface area contributed by atoms with Crippen LogP contribution in [0.25, 0.3) is 22.3 Å². The summed E-state index contributed by atoms with van der Waals surface area (Å²) in [5.74, 6) is 0.716. The number of anilines is 2. The van der Waals surface area contributed by atoms with Gasteiger partial charge in [0.2, 0.25) is 0 Å². The molecule has 5 heterocycles. The lowest BCUT2D eigenvalue weighted by molar-refractivity contribution is 0.524. The van der Waals surface area contributed by atoms with Crippen molar-refractivity contribution < 1.29 is 0 Å². The van der Waals surface area contributed by atoms with E-state index < -0.39 is 0 Å². The highest BCUT2D eigenvalue weighted by Crippen LogP contribution is 2.16.